The van der Waals surface area contributed by atoms with Crippen LogP contribution >= 0.6 is 0 Å². The molecule has 1 aromatic carbocycles. The first-order valence-electron chi connectivity index (χ1n) is 4.59. The number of rotatable bonds is 2. The van der Waals surface area contributed by atoms with Crippen molar-refractivity contribution < 1.29 is 9.53 Å². The van der Waals surface area contributed by atoms with E-state index in [0.717, 1.165) is 0 Å². The SMILES string of the molecule is CC.COc1cc(N)cc(C(C)=O)c1. The summed E-state index contributed by atoms with van der Waals surface area (Å²) in [7, 11) is 1.54. The van der Waals surface area contributed by atoms with Gasteiger partial charge in [0.05, 0.1) is 7.11 Å². The van der Waals surface area contributed by atoms with Crippen LogP contribution in [0.3, 0.4) is 0 Å². The third-order valence-corrected chi connectivity index (χ3v) is 1.57. The number of carbonyl (C=O) groups excluding carboxylic acids is 1. The Kier molecular flexibility index (Phi) is 5.37. The Morgan fingerprint density at radius 3 is 2.29 bits per heavy atom. The van der Waals surface area contributed by atoms with Crippen molar-refractivity contribution in [3.63, 3.8) is 0 Å². The van der Waals surface area contributed by atoms with Gasteiger partial charge in [0.2, 0.25) is 0 Å². The molecule has 2 N–H and O–H groups in total. The summed E-state index contributed by atoms with van der Waals surface area (Å²) in [6.07, 6.45) is 0. The molecule has 0 saturated heterocycles. The zero-order valence-corrected chi connectivity index (χ0v) is 9.13. The van der Waals surface area contributed by atoms with E-state index in [4.69, 9.17) is 10.5 Å². The molecule has 14 heavy (non-hydrogen) atoms. The first kappa shape index (κ1) is 12.5. The Morgan fingerprint density at radius 1 is 1.29 bits per heavy atom. The van der Waals surface area contributed by atoms with E-state index in [-0.39, 0.29) is 5.78 Å². The summed E-state index contributed by atoms with van der Waals surface area (Å²) in [6.45, 7) is 5.49. The molecule has 0 radical (unpaired) electrons. The largest absolute Gasteiger partial charge is 0.497 e. The molecule has 0 aliphatic rings. The van der Waals surface area contributed by atoms with Crippen molar-refractivity contribution in [3.05, 3.63) is 23.8 Å². The Bertz CT molecular complexity index is 308. The zero-order valence-electron chi connectivity index (χ0n) is 9.13. The van der Waals surface area contributed by atoms with Crippen LogP contribution in [0, 0.1) is 0 Å². The van der Waals surface area contributed by atoms with Gasteiger partial charge >= 0.3 is 0 Å². The Hall–Kier alpha value is -1.51. The molecule has 0 atom stereocenters. The lowest BCUT2D eigenvalue weighted by Gasteiger charge is -2.03. The van der Waals surface area contributed by atoms with Crippen LogP contribution in [-0.2, 0) is 0 Å². The maximum Gasteiger partial charge on any atom is 0.160 e. The normalized spacial score (nSPS) is 8.57. The van der Waals surface area contributed by atoms with Crippen molar-refractivity contribution in [1.29, 1.82) is 0 Å². The molecule has 0 aliphatic carbocycles. The molecule has 1 rings (SSSR count). The Morgan fingerprint density at radius 2 is 1.86 bits per heavy atom. The van der Waals surface area contributed by atoms with E-state index in [9.17, 15) is 4.79 Å². The van der Waals surface area contributed by atoms with Crippen LogP contribution in [0.4, 0.5) is 5.69 Å². The van der Waals surface area contributed by atoms with Gasteiger partial charge in [0.1, 0.15) is 5.75 Å². The van der Waals surface area contributed by atoms with E-state index in [1.807, 2.05) is 13.8 Å². The van der Waals surface area contributed by atoms with Gasteiger partial charge in [-0.05, 0) is 19.1 Å². The summed E-state index contributed by atoms with van der Waals surface area (Å²) in [5, 5.41) is 0. The van der Waals surface area contributed by atoms with Gasteiger partial charge in [0.15, 0.2) is 5.78 Å². The van der Waals surface area contributed by atoms with Crippen molar-refractivity contribution in [3.8, 4) is 5.75 Å². The number of anilines is 1. The molecule has 0 unspecified atom stereocenters. The molecular weight excluding hydrogens is 178 g/mol. The fraction of sp³-hybridized carbons (Fsp3) is 0.364. The van der Waals surface area contributed by atoms with Gasteiger partial charge in [-0.1, -0.05) is 13.8 Å². The average molecular weight is 195 g/mol. The second-order valence-corrected chi connectivity index (χ2v) is 2.55. The first-order chi connectivity index (χ1) is 6.63. The lowest BCUT2D eigenvalue weighted by molar-refractivity contribution is 0.101. The van der Waals surface area contributed by atoms with E-state index in [1.54, 1.807) is 25.3 Å². The predicted molar refractivity (Wildman–Crippen MR) is 58.8 cm³/mol. The molecule has 0 aromatic heterocycles. The molecule has 0 heterocycles. The van der Waals surface area contributed by atoms with Gasteiger partial charge in [0.25, 0.3) is 0 Å². The van der Waals surface area contributed by atoms with Gasteiger partial charge in [-0.3, -0.25) is 4.79 Å². The van der Waals surface area contributed by atoms with Gasteiger partial charge in [0, 0.05) is 17.3 Å². The number of carbonyl (C=O) groups is 1. The average Bonchev–Trinajstić information content (AvgIpc) is 2.20. The summed E-state index contributed by atoms with van der Waals surface area (Å²) < 4.78 is 4.95. The van der Waals surface area contributed by atoms with Crippen LogP contribution in [0.5, 0.6) is 5.75 Å². The Balaban J connectivity index is 0.000000791. The number of nitrogens with two attached hydrogens (primary N) is 1. The van der Waals surface area contributed by atoms with Crippen LogP contribution in [0.1, 0.15) is 31.1 Å². The second-order valence-electron chi connectivity index (χ2n) is 2.55. The van der Waals surface area contributed by atoms with Crippen LogP contribution in [-0.4, -0.2) is 12.9 Å². The predicted octanol–water partition coefficient (Wildman–Crippen LogP) is 2.51. The highest BCUT2D eigenvalue weighted by atomic mass is 16.5. The van der Waals surface area contributed by atoms with E-state index >= 15 is 0 Å². The number of nitrogen functional groups attached to an aromatic ring is 1. The van der Waals surface area contributed by atoms with Crippen LogP contribution in [0.15, 0.2) is 18.2 Å². The number of ketones is 1. The standard InChI is InChI=1S/C9H11NO2.C2H6/c1-6(11)7-3-8(10)5-9(4-7)12-2;1-2/h3-5H,10H2,1-2H3;1-2H3. The highest BCUT2D eigenvalue weighted by Gasteiger charge is 2.02. The molecule has 78 valence electrons. The molecule has 0 amide bonds. The minimum atomic E-state index is -0.0133. The fourth-order valence-corrected chi connectivity index (χ4v) is 0.943. The smallest absolute Gasteiger partial charge is 0.160 e. The third-order valence-electron chi connectivity index (χ3n) is 1.57. The van der Waals surface area contributed by atoms with E-state index < -0.39 is 0 Å². The highest BCUT2D eigenvalue weighted by Crippen LogP contribution is 2.18. The minimum absolute atomic E-state index is 0.0133. The van der Waals surface area contributed by atoms with Crippen LogP contribution in [0.2, 0.25) is 0 Å². The summed E-state index contributed by atoms with van der Waals surface area (Å²) in [6, 6.07) is 4.97. The molecule has 0 spiro atoms. The van der Waals surface area contributed by atoms with Crippen LogP contribution in [0.25, 0.3) is 0 Å². The lowest BCUT2D eigenvalue weighted by Crippen LogP contribution is -1.96. The fourth-order valence-electron chi connectivity index (χ4n) is 0.943. The van der Waals surface area contributed by atoms with Crippen molar-refractivity contribution >= 4 is 11.5 Å². The molecule has 3 heteroatoms. The zero-order chi connectivity index (χ0) is 11.1. The van der Waals surface area contributed by atoms with Crippen molar-refractivity contribution in [2.24, 2.45) is 0 Å². The third kappa shape index (κ3) is 3.47. The van der Waals surface area contributed by atoms with Gasteiger partial charge in [-0.25, -0.2) is 0 Å². The van der Waals surface area contributed by atoms with Crippen molar-refractivity contribution in [2.75, 3.05) is 12.8 Å². The Labute approximate surface area is 84.9 Å². The molecule has 3 nitrogen and oxygen atoms in total. The number of Topliss-reactive ketones (excluding diaryl/α,β-unsaturated/α-hetero) is 1. The summed E-state index contributed by atoms with van der Waals surface area (Å²) in [5.41, 5.74) is 6.66. The van der Waals surface area contributed by atoms with E-state index in [2.05, 4.69) is 0 Å². The monoisotopic (exact) mass is 195 g/mol. The summed E-state index contributed by atoms with van der Waals surface area (Å²) >= 11 is 0. The molecule has 0 bridgehead atoms. The van der Waals surface area contributed by atoms with Crippen LogP contribution < -0.4 is 10.5 Å². The first-order valence-corrected chi connectivity index (χ1v) is 4.59. The number of hydrogen-bond acceptors (Lipinski definition) is 3. The summed E-state index contributed by atoms with van der Waals surface area (Å²) in [5.74, 6) is 0.598. The second kappa shape index (κ2) is 6.02. The number of hydrogen-bond donors (Lipinski definition) is 1. The van der Waals surface area contributed by atoms with Crippen molar-refractivity contribution in [2.45, 2.75) is 20.8 Å². The summed E-state index contributed by atoms with van der Waals surface area (Å²) in [4.78, 5) is 11.0. The van der Waals surface area contributed by atoms with Gasteiger partial charge in [-0.2, -0.15) is 0 Å². The van der Waals surface area contributed by atoms with Crippen molar-refractivity contribution in [1.82, 2.24) is 0 Å². The molecule has 0 aliphatic heterocycles. The maximum atomic E-state index is 11.0. The highest BCUT2D eigenvalue weighted by molar-refractivity contribution is 5.95. The molecule has 0 saturated carbocycles. The van der Waals surface area contributed by atoms with E-state index in [0.29, 0.717) is 17.0 Å². The topological polar surface area (TPSA) is 52.3 Å². The van der Waals surface area contributed by atoms with Gasteiger partial charge in [-0.15, -0.1) is 0 Å². The number of methoxy groups -OCH3 is 1. The number of benzene rings is 1. The number of ether oxygens (including phenoxy) is 1. The molecular formula is C11H17NO2. The minimum Gasteiger partial charge on any atom is -0.497 e. The quantitative estimate of drug-likeness (QED) is 0.582. The maximum absolute atomic E-state index is 11.0. The molecule has 1 aromatic rings. The van der Waals surface area contributed by atoms with E-state index in [1.165, 1.54) is 6.92 Å². The van der Waals surface area contributed by atoms with Gasteiger partial charge < -0.3 is 10.5 Å². The lowest BCUT2D eigenvalue weighted by atomic mass is 10.1. The molecule has 0 fully saturated rings.